The predicted octanol–water partition coefficient (Wildman–Crippen LogP) is 1.59. The van der Waals surface area contributed by atoms with Gasteiger partial charge in [0.15, 0.2) is 0 Å². The normalized spacial score (nSPS) is 12.4. The van der Waals surface area contributed by atoms with Crippen LogP contribution in [0, 0.1) is 21.8 Å². The molecule has 2 aromatic rings. The summed E-state index contributed by atoms with van der Waals surface area (Å²) in [5, 5.41) is 31.1. The summed E-state index contributed by atoms with van der Waals surface area (Å²) in [4.78, 5) is 24.7. The number of hydrogen-bond donors (Lipinski definition) is 5. The number of carbonyl (C=O) groups excluding carboxylic acids is 2. The van der Waals surface area contributed by atoms with Crippen molar-refractivity contribution in [2.45, 2.75) is 32.6 Å². The maximum absolute atomic E-state index is 12.5. The molecule has 0 fully saturated rings. The monoisotopic (exact) mass is 508 g/mol. The minimum atomic E-state index is -1.05. The van der Waals surface area contributed by atoms with E-state index in [1.54, 1.807) is 31.2 Å². The molecule has 29 heavy (non-hydrogen) atoms. The molecule has 0 heterocycles. The lowest BCUT2D eigenvalue weighted by molar-refractivity contribution is -0.124. The highest BCUT2D eigenvalue weighted by Gasteiger charge is 2.25. The van der Waals surface area contributed by atoms with Crippen molar-refractivity contribution in [2.75, 3.05) is 5.32 Å². The van der Waals surface area contributed by atoms with Gasteiger partial charge in [0.05, 0.1) is 18.3 Å². The van der Waals surface area contributed by atoms with Gasteiger partial charge >= 0.3 is 0 Å². The third-order valence-electron chi connectivity index (χ3n) is 4.28. The van der Waals surface area contributed by atoms with Crippen molar-refractivity contribution in [3.63, 3.8) is 0 Å². The second kappa shape index (κ2) is 10.2. The van der Waals surface area contributed by atoms with Gasteiger partial charge in [-0.05, 0) is 71.8 Å². The molecule has 152 valence electrons. The maximum Gasteiger partial charge on any atom is 0.269 e. The maximum atomic E-state index is 12.5. The van der Waals surface area contributed by atoms with E-state index in [4.69, 9.17) is 10.4 Å². The van der Waals surface area contributed by atoms with E-state index in [0.29, 0.717) is 22.4 Å². The van der Waals surface area contributed by atoms with E-state index in [1.165, 1.54) is 19.1 Å². The molecule has 2 atom stereocenters. The van der Waals surface area contributed by atoms with Crippen molar-refractivity contribution in [3.05, 3.63) is 62.2 Å². The Kier molecular flexibility index (Phi) is 7.95. The first kappa shape index (κ1) is 22.6. The van der Waals surface area contributed by atoms with Crippen LogP contribution in [0.5, 0.6) is 0 Å². The number of benzene rings is 2. The number of rotatable bonds is 6. The zero-order valence-corrected chi connectivity index (χ0v) is 18.0. The first-order valence-electron chi connectivity index (χ1n) is 8.72. The number of carbonyl (C=O) groups is 2. The summed E-state index contributed by atoms with van der Waals surface area (Å²) in [6.07, 6.45) is -1.05. The third kappa shape index (κ3) is 5.66. The molecule has 0 radical (unpaired) electrons. The molecule has 0 spiro atoms. The lowest BCUT2D eigenvalue weighted by Crippen LogP contribution is -2.52. The van der Waals surface area contributed by atoms with Crippen LogP contribution in [0.3, 0.4) is 0 Å². The molecule has 0 saturated heterocycles. The Morgan fingerprint density at radius 3 is 2.38 bits per heavy atom. The van der Waals surface area contributed by atoms with Gasteiger partial charge < -0.3 is 15.5 Å². The molecular formula is C20H21IN4O4. The molecule has 0 bridgehead atoms. The van der Waals surface area contributed by atoms with E-state index >= 15 is 0 Å². The van der Waals surface area contributed by atoms with E-state index in [0.717, 1.165) is 9.13 Å². The Labute approximate surface area is 182 Å². The van der Waals surface area contributed by atoms with Gasteiger partial charge in [-0.1, -0.05) is 12.1 Å². The van der Waals surface area contributed by atoms with Crippen LogP contribution >= 0.6 is 22.6 Å². The highest BCUT2D eigenvalue weighted by Crippen LogP contribution is 2.25. The second-order valence-corrected chi connectivity index (χ2v) is 7.45. The van der Waals surface area contributed by atoms with E-state index < -0.39 is 24.0 Å². The molecule has 2 aromatic carbocycles. The van der Waals surface area contributed by atoms with E-state index in [2.05, 4.69) is 44.8 Å². The van der Waals surface area contributed by atoms with E-state index in [-0.39, 0.29) is 6.61 Å². The number of halogens is 1. The van der Waals surface area contributed by atoms with Gasteiger partial charge in [-0.2, -0.15) is 5.26 Å². The first-order chi connectivity index (χ1) is 13.8. The van der Waals surface area contributed by atoms with Gasteiger partial charge in [-0.15, -0.1) is 0 Å². The third-order valence-corrected chi connectivity index (χ3v) is 5.67. The SMILES string of the molecule is Cc1c(NC(C(=O)NNC(=O)c2ccc(CO)cc2)[C@H](C)O)ccc(C#N)c1I. The molecule has 2 amide bonds. The number of hydrogen-bond acceptors (Lipinski definition) is 6. The van der Waals surface area contributed by atoms with Gasteiger partial charge in [-0.3, -0.25) is 20.4 Å². The fraction of sp³-hybridized carbons (Fsp3) is 0.250. The fourth-order valence-corrected chi connectivity index (χ4v) is 3.12. The Hall–Kier alpha value is -2.68. The average molecular weight is 508 g/mol. The van der Waals surface area contributed by atoms with Crippen molar-refractivity contribution in [1.82, 2.24) is 10.9 Å². The largest absolute Gasteiger partial charge is 0.392 e. The van der Waals surface area contributed by atoms with Crippen molar-refractivity contribution in [3.8, 4) is 6.07 Å². The molecule has 1 unspecified atom stereocenters. The van der Waals surface area contributed by atoms with Gasteiger partial charge in [0.1, 0.15) is 12.1 Å². The lowest BCUT2D eigenvalue weighted by atomic mass is 10.1. The predicted molar refractivity (Wildman–Crippen MR) is 116 cm³/mol. The highest BCUT2D eigenvalue weighted by atomic mass is 127. The average Bonchev–Trinajstić information content (AvgIpc) is 2.72. The van der Waals surface area contributed by atoms with E-state index in [1.807, 2.05) is 0 Å². The molecule has 0 aliphatic carbocycles. The van der Waals surface area contributed by atoms with Crippen molar-refractivity contribution >= 4 is 40.1 Å². The summed E-state index contributed by atoms with van der Waals surface area (Å²) in [7, 11) is 0. The molecule has 0 aromatic heterocycles. The molecule has 0 aliphatic rings. The summed E-state index contributed by atoms with van der Waals surface area (Å²) >= 11 is 2.05. The van der Waals surface area contributed by atoms with Gasteiger partial charge in [0.25, 0.3) is 11.8 Å². The topological polar surface area (TPSA) is 134 Å². The summed E-state index contributed by atoms with van der Waals surface area (Å²) in [6, 6.07) is 10.6. The summed E-state index contributed by atoms with van der Waals surface area (Å²) in [6.45, 7) is 3.13. The minimum absolute atomic E-state index is 0.131. The molecule has 5 N–H and O–H groups in total. The number of anilines is 1. The van der Waals surface area contributed by atoms with Crippen LogP contribution in [0.1, 0.15) is 34.0 Å². The van der Waals surface area contributed by atoms with Crippen molar-refractivity contribution in [2.24, 2.45) is 0 Å². The van der Waals surface area contributed by atoms with Crippen LogP contribution < -0.4 is 16.2 Å². The van der Waals surface area contributed by atoms with Crippen LogP contribution in [0.15, 0.2) is 36.4 Å². The number of aliphatic hydroxyl groups is 2. The fourth-order valence-electron chi connectivity index (χ4n) is 2.53. The van der Waals surface area contributed by atoms with Gasteiger partial charge in [0.2, 0.25) is 0 Å². The van der Waals surface area contributed by atoms with Crippen LogP contribution in [0.2, 0.25) is 0 Å². The summed E-state index contributed by atoms with van der Waals surface area (Å²) < 4.78 is 0.750. The first-order valence-corrected chi connectivity index (χ1v) is 9.80. The Morgan fingerprint density at radius 1 is 1.17 bits per heavy atom. The Balaban J connectivity index is 2.07. The molecule has 0 saturated carbocycles. The lowest BCUT2D eigenvalue weighted by Gasteiger charge is -2.23. The highest BCUT2D eigenvalue weighted by molar-refractivity contribution is 14.1. The van der Waals surface area contributed by atoms with Crippen LogP contribution in [-0.2, 0) is 11.4 Å². The molecule has 8 nitrogen and oxygen atoms in total. The Morgan fingerprint density at radius 2 is 1.83 bits per heavy atom. The number of nitrogens with zero attached hydrogens (tertiary/aromatic N) is 1. The zero-order chi connectivity index (χ0) is 21.6. The second-order valence-electron chi connectivity index (χ2n) is 6.37. The van der Waals surface area contributed by atoms with Crippen LogP contribution in [-0.4, -0.2) is 34.2 Å². The summed E-state index contributed by atoms with van der Waals surface area (Å²) in [5.41, 5.74) is 7.47. The zero-order valence-electron chi connectivity index (χ0n) is 15.9. The number of nitriles is 1. The van der Waals surface area contributed by atoms with Crippen molar-refractivity contribution < 1.29 is 19.8 Å². The van der Waals surface area contributed by atoms with Crippen LogP contribution in [0.25, 0.3) is 0 Å². The van der Waals surface area contributed by atoms with Gasteiger partial charge in [0, 0.05) is 14.8 Å². The molecule has 9 heteroatoms. The number of amides is 2. The minimum Gasteiger partial charge on any atom is -0.392 e. The number of aliphatic hydroxyl groups excluding tert-OH is 2. The molecular weight excluding hydrogens is 487 g/mol. The van der Waals surface area contributed by atoms with Gasteiger partial charge in [-0.25, -0.2) is 0 Å². The number of nitrogens with one attached hydrogen (secondary N) is 3. The molecule has 0 aliphatic heterocycles. The van der Waals surface area contributed by atoms with E-state index in [9.17, 15) is 14.7 Å². The Bertz CT molecular complexity index is 939. The van der Waals surface area contributed by atoms with Crippen LogP contribution in [0.4, 0.5) is 5.69 Å². The van der Waals surface area contributed by atoms with Crippen molar-refractivity contribution in [1.29, 1.82) is 5.26 Å². The molecule has 2 rings (SSSR count). The smallest absolute Gasteiger partial charge is 0.269 e. The summed E-state index contributed by atoms with van der Waals surface area (Å²) in [5.74, 6) is -1.16. The standard InChI is InChI=1S/C20H21IN4O4/c1-11-16(8-7-15(9-22)17(11)21)23-18(12(2)27)20(29)25-24-19(28)14-5-3-13(10-26)4-6-14/h3-8,12,18,23,26-27H,10H2,1-2H3,(H,24,28)(H,25,29)/t12-,18?/m0/s1. The number of hydrazine groups is 1. The quantitative estimate of drug-likeness (QED) is 0.297.